The number of carbonyl (C=O) groups is 1. The molecule has 1 aliphatic heterocycles. The van der Waals surface area contributed by atoms with Gasteiger partial charge in [-0.2, -0.15) is 0 Å². The molecular formula is C14H20N2OS. The van der Waals surface area contributed by atoms with Crippen molar-refractivity contribution in [1.29, 1.82) is 0 Å². The monoisotopic (exact) mass is 264 g/mol. The van der Waals surface area contributed by atoms with E-state index in [0.717, 1.165) is 37.6 Å². The molecule has 1 amide bonds. The fraction of sp³-hybridized carbons (Fsp3) is 0.500. The predicted octanol–water partition coefficient (Wildman–Crippen LogP) is 2.14. The zero-order valence-electron chi connectivity index (χ0n) is 10.8. The molecule has 1 saturated heterocycles. The number of thiol groups is 1. The van der Waals surface area contributed by atoms with E-state index in [-0.39, 0.29) is 5.91 Å². The van der Waals surface area contributed by atoms with Crippen LogP contribution in [0.2, 0.25) is 0 Å². The molecule has 0 N–H and O–H groups in total. The van der Waals surface area contributed by atoms with E-state index in [0.29, 0.717) is 5.56 Å². The first-order valence-corrected chi connectivity index (χ1v) is 6.96. The molecule has 0 atom stereocenters. The van der Waals surface area contributed by atoms with E-state index in [9.17, 15) is 4.79 Å². The Labute approximate surface area is 114 Å². The third kappa shape index (κ3) is 3.06. The van der Waals surface area contributed by atoms with Crippen LogP contribution in [-0.2, 0) is 0 Å². The molecule has 98 valence electrons. The van der Waals surface area contributed by atoms with E-state index in [1.54, 1.807) is 0 Å². The van der Waals surface area contributed by atoms with Gasteiger partial charge in [-0.1, -0.05) is 19.1 Å². The first kappa shape index (κ1) is 13.4. The van der Waals surface area contributed by atoms with Gasteiger partial charge in [0.1, 0.15) is 0 Å². The van der Waals surface area contributed by atoms with Gasteiger partial charge in [-0.25, -0.2) is 0 Å². The number of amides is 1. The summed E-state index contributed by atoms with van der Waals surface area (Å²) in [5.74, 6) is 0.108. The fourth-order valence-corrected chi connectivity index (χ4v) is 2.57. The minimum absolute atomic E-state index is 0.108. The maximum Gasteiger partial charge on any atom is 0.255 e. The zero-order chi connectivity index (χ0) is 13.0. The smallest absolute Gasteiger partial charge is 0.255 e. The Hall–Kier alpha value is -1.00. The van der Waals surface area contributed by atoms with Crippen LogP contribution in [0.25, 0.3) is 0 Å². The molecule has 1 heterocycles. The molecule has 0 aliphatic carbocycles. The first-order chi connectivity index (χ1) is 8.72. The van der Waals surface area contributed by atoms with Gasteiger partial charge in [0, 0.05) is 31.1 Å². The molecule has 0 spiro atoms. The Morgan fingerprint density at radius 3 is 2.50 bits per heavy atom. The summed E-state index contributed by atoms with van der Waals surface area (Å²) in [6.07, 6.45) is 1.17. The number of hydrogen-bond acceptors (Lipinski definition) is 3. The van der Waals surface area contributed by atoms with E-state index in [1.165, 1.54) is 6.42 Å². The number of hydrogen-bond donors (Lipinski definition) is 1. The third-order valence-electron chi connectivity index (χ3n) is 3.33. The van der Waals surface area contributed by atoms with Crippen molar-refractivity contribution in [2.45, 2.75) is 18.2 Å². The summed E-state index contributed by atoms with van der Waals surface area (Å²) < 4.78 is 0. The minimum Gasteiger partial charge on any atom is -0.336 e. The van der Waals surface area contributed by atoms with E-state index in [2.05, 4.69) is 24.5 Å². The van der Waals surface area contributed by atoms with Crippen LogP contribution in [0, 0.1) is 0 Å². The fourth-order valence-electron chi connectivity index (χ4n) is 2.32. The maximum atomic E-state index is 12.3. The van der Waals surface area contributed by atoms with Crippen molar-refractivity contribution >= 4 is 18.5 Å². The van der Waals surface area contributed by atoms with Crippen LogP contribution in [0.3, 0.4) is 0 Å². The van der Waals surface area contributed by atoms with Crippen LogP contribution in [0.4, 0.5) is 0 Å². The second-order valence-electron chi connectivity index (χ2n) is 4.65. The molecule has 0 aromatic heterocycles. The van der Waals surface area contributed by atoms with Crippen LogP contribution in [0.15, 0.2) is 29.2 Å². The summed E-state index contributed by atoms with van der Waals surface area (Å²) in [4.78, 5) is 17.5. The molecule has 18 heavy (non-hydrogen) atoms. The highest BCUT2D eigenvalue weighted by Crippen LogP contribution is 2.16. The Balaban J connectivity index is 1.98. The van der Waals surface area contributed by atoms with E-state index in [1.807, 2.05) is 29.2 Å². The van der Waals surface area contributed by atoms with Gasteiger partial charge in [-0.05, 0) is 25.1 Å². The van der Waals surface area contributed by atoms with Crippen LogP contribution in [0.1, 0.15) is 23.7 Å². The molecule has 0 radical (unpaired) electrons. The molecule has 2 rings (SSSR count). The van der Waals surface area contributed by atoms with Crippen molar-refractivity contribution in [3.05, 3.63) is 29.8 Å². The summed E-state index contributed by atoms with van der Waals surface area (Å²) in [5.41, 5.74) is 0.713. The van der Waals surface area contributed by atoms with Crippen molar-refractivity contribution in [3.63, 3.8) is 0 Å². The Bertz CT molecular complexity index is 414. The van der Waals surface area contributed by atoms with Crippen molar-refractivity contribution in [3.8, 4) is 0 Å². The molecule has 1 aromatic carbocycles. The van der Waals surface area contributed by atoms with Crippen molar-refractivity contribution in [2.24, 2.45) is 0 Å². The van der Waals surface area contributed by atoms with Crippen molar-refractivity contribution in [1.82, 2.24) is 9.80 Å². The van der Waals surface area contributed by atoms with Gasteiger partial charge < -0.3 is 4.90 Å². The molecule has 1 aromatic rings. The Kier molecular flexibility index (Phi) is 4.66. The molecule has 1 fully saturated rings. The van der Waals surface area contributed by atoms with Gasteiger partial charge in [0.15, 0.2) is 0 Å². The van der Waals surface area contributed by atoms with E-state index >= 15 is 0 Å². The average molecular weight is 264 g/mol. The Morgan fingerprint density at radius 2 is 1.89 bits per heavy atom. The third-order valence-corrected chi connectivity index (χ3v) is 3.72. The van der Waals surface area contributed by atoms with Gasteiger partial charge in [-0.3, -0.25) is 9.69 Å². The molecule has 0 bridgehead atoms. The zero-order valence-corrected chi connectivity index (χ0v) is 11.7. The highest BCUT2D eigenvalue weighted by atomic mass is 32.1. The quantitative estimate of drug-likeness (QED) is 0.846. The molecule has 0 unspecified atom stereocenters. The maximum absolute atomic E-state index is 12.3. The molecule has 4 heteroatoms. The molecule has 3 nitrogen and oxygen atoms in total. The Morgan fingerprint density at radius 1 is 1.22 bits per heavy atom. The van der Waals surface area contributed by atoms with E-state index < -0.39 is 0 Å². The summed E-state index contributed by atoms with van der Waals surface area (Å²) in [6.45, 7) is 6.92. The lowest BCUT2D eigenvalue weighted by atomic mass is 10.2. The number of benzene rings is 1. The van der Waals surface area contributed by atoms with Crippen LogP contribution < -0.4 is 0 Å². The van der Waals surface area contributed by atoms with Crippen LogP contribution >= 0.6 is 12.6 Å². The van der Waals surface area contributed by atoms with Crippen molar-refractivity contribution < 1.29 is 4.79 Å². The second kappa shape index (κ2) is 6.25. The van der Waals surface area contributed by atoms with Crippen LogP contribution in [-0.4, -0.2) is 48.4 Å². The normalized spacial score (nSPS) is 16.9. The minimum atomic E-state index is 0.108. The predicted molar refractivity (Wildman–Crippen MR) is 76.3 cm³/mol. The number of piperazine rings is 1. The van der Waals surface area contributed by atoms with Crippen LogP contribution in [0.5, 0.6) is 0 Å². The highest BCUT2D eigenvalue weighted by molar-refractivity contribution is 7.80. The molecule has 1 aliphatic rings. The second-order valence-corrected chi connectivity index (χ2v) is 5.13. The summed E-state index contributed by atoms with van der Waals surface area (Å²) in [6, 6.07) is 7.51. The van der Waals surface area contributed by atoms with Crippen molar-refractivity contribution in [2.75, 3.05) is 32.7 Å². The summed E-state index contributed by atoms with van der Waals surface area (Å²) in [7, 11) is 0. The lowest BCUT2D eigenvalue weighted by molar-refractivity contribution is 0.0634. The van der Waals surface area contributed by atoms with E-state index in [4.69, 9.17) is 0 Å². The topological polar surface area (TPSA) is 23.6 Å². The van der Waals surface area contributed by atoms with Gasteiger partial charge in [-0.15, -0.1) is 12.6 Å². The first-order valence-electron chi connectivity index (χ1n) is 6.52. The molecule has 0 saturated carbocycles. The SMILES string of the molecule is CCCN1CCN(C(=O)c2ccccc2S)CC1. The summed E-state index contributed by atoms with van der Waals surface area (Å²) >= 11 is 4.35. The standard InChI is InChI=1S/C14H20N2OS/c1-2-7-15-8-10-16(11-9-15)14(17)12-5-3-4-6-13(12)18/h3-6,18H,2,7-11H2,1H3. The number of carbonyl (C=O) groups excluding carboxylic acids is 1. The average Bonchev–Trinajstić information content (AvgIpc) is 2.40. The largest absolute Gasteiger partial charge is 0.336 e. The highest BCUT2D eigenvalue weighted by Gasteiger charge is 2.22. The van der Waals surface area contributed by atoms with Gasteiger partial charge in [0.05, 0.1) is 5.56 Å². The summed E-state index contributed by atoms with van der Waals surface area (Å²) in [5, 5.41) is 0. The molecular weight excluding hydrogens is 244 g/mol. The van der Waals surface area contributed by atoms with Gasteiger partial charge >= 0.3 is 0 Å². The van der Waals surface area contributed by atoms with Gasteiger partial charge in [0.2, 0.25) is 0 Å². The lowest BCUT2D eigenvalue weighted by Crippen LogP contribution is -2.48. The lowest BCUT2D eigenvalue weighted by Gasteiger charge is -2.34. The number of nitrogens with zero attached hydrogens (tertiary/aromatic N) is 2. The number of rotatable bonds is 3. The van der Waals surface area contributed by atoms with Gasteiger partial charge in [0.25, 0.3) is 5.91 Å².